The van der Waals surface area contributed by atoms with Crippen LogP contribution in [0.4, 0.5) is 15.9 Å². The van der Waals surface area contributed by atoms with E-state index in [-0.39, 0.29) is 11.8 Å². The highest BCUT2D eigenvalue weighted by Crippen LogP contribution is 2.43. The first-order chi connectivity index (χ1) is 12.7. The molecule has 1 aliphatic heterocycles. The van der Waals surface area contributed by atoms with Gasteiger partial charge in [0.1, 0.15) is 12.1 Å². The molecule has 2 aromatic rings. The number of nitrogens with one attached hydrogen (secondary N) is 1. The maximum absolute atomic E-state index is 14.2. The molecular formula is C19H19FN4O2. The molecule has 1 amide bonds. The average Bonchev–Trinajstić information content (AvgIpc) is 3.41. The van der Waals surface area contributed by atoms with E-state index < -0.39 is 5.82 Å². The third-order valence-corrected chi connectivity index (χ3v) is 5.14. The second-order valence-corrected chi connectivity index (χ2v) is 6.92. The number of aromatic nitrogens is 1. The number of hydrogen-bond donors (Lipinski definition) is 1. The minimum atomic E-state index is -0.399. The highest BCUT2D eigenvalue weighted by molar-refractivity contribution is 5.92. The molecule has 2 fully saturated rings. The number of hydrogen-bond acceptors (Lipinski definition) is 5. The number of benzene rings is 1. The Bertz CT molecular complexity index is 861. The van der Waals surface area contributed by atoms with E-state index in [1.807, 2.05) is 11.0 Å². The first-order valence-corrected chi connectivity index (χ1v) is 8.85. The lowest BCUT2D eigenvalue weighted by atomic mass is 9.95. The van der Waals surface area contributed by atoms with Gasteiger partial charge < -0.3 is 14.7 Å². The van der Waals surface area contributed by atoms with E-state index in [0.29, 0.717) is 48.9 Å². The van der Waals surface area contributed by atoms with Gasteiger partial charge in [0.15, 0.2) is 5.82 Å². The van der Waals surface area contributed by atoms with E-state index in [2.05, 4.69) is 10.5 Å². The van der Waals surface area contributed by atoms with Gasteiger partial charge in [0.25, 0.3) is 0 Å². The Labute approximate surface area is 150 Å². The van der Waals surface area contributed by atoms with Crippen LogP contribution in [0.25, 0.3) is 0 Å². The predicted octanol–water partition coefficient (Wildman–Crippen LogP) is 3.42. The Balaban J connectivity index is 1.36. The van der Waals surface area contributed by atoms with E-state index in [1.165, 1.54) is 6.07 Å². The maximum atomic E-state index is 14.2. The first kappa shape index (κ1) is 16.6. The minimum absolute atomic E-state index is 0.0549. The van der Waals surface area contributed by atoms with Crippen molar-refractivity contribution in [2.24, 2.45) is 5.92 Å². The number of nitriles is 1. The largest absolute Gasteiger partial charge is 0.369 e. The topological polar surface area (TPSA) is 82.2 Å². The summed E-state index contributed by atoms with van der Waals surface area (Å²) in [6.45, 7) is 1.18. The highest BCUT2D eigenvalue weighted by Gasteiger charge is 2.31. The molecule has 0 radical (unpaired) electrons. The summed E-state index contributed by atoms with van der Waals surface area (Å²) >= 11 is 0. The standard InChI is InChI=1S/C19H19FN4O2/c20-16-9-12(10-21)1-4-17(16)24-7-5-14(6-8-24)19(25)22-18-15(11-26-23-18)13-2-3-13/h1,4,9,11,13-14H,2-3,5-8H2,(H,22,23,25). The van der Waals surface area contributed by atoms with Gasteiger partial charge in [-0.05, 0) is 49.8 Å². The average molecular weight is 354 g/mol. The van der Waals surface area contributed by atoms with E-state index >= 15 is 0 Å². The van der Waals surface area contributed by atoms with Crippen molar-refractivity contribution in [3.05, 3.63) is 41.4 Å². The third kappa shape index (κ3) is 3.27. The van der Waals surface area contributed by atoms with Crippen molar-refractivity contribution < 1.29 is 13.7 Å². The zero-order valence-corrected chi connectivity index (χ0v) is 14.2. The van der Waals surface area contributed by atoms with Gasteiger partial charge in [0, 0.05) is 24.6 Å². The molecular weight excluding hydrogens is 335 g/mol. The van der Waals surface area contributed by atoms with Crippen molar-refractivity contribution in [1.29, 1.82) is 5.26 Å². The van der Waals surface area contributed by atoms with Crippen LogP contribution in [0.5, 0.6) is 0 Å². The fourth-order valence-electron chi connectivity index (χ4n) is 3.46. The molecule has 6 nitrogen and oxygen atoms in total. The van der Waals surface area contributed by atoms with Crippen LogP contribution < -0.4 is 10.2 Å². The molecule has 4 rings (SSSR count). The van der Waals surface area contributed by atoms with Crippen LogP contribution in [0.3, 0.4) is 0 Å². The van der Waals surface area contributed by atoms with Crippen LogP contribution in [0.1, 0.15) is 42.7 Å². The van der Waals surface area contributed by atoms with E-state index in [9.17, 15) is 9.18 Å². The molecule has 1 aromatic heterocycles. The molecule has 2 heterocycles. The summed E-state index contributed by atoms with van der Waals surface area (Å²) in [5.41, 5.74) is 1.77. The van der Waals surface area contributed by atoms with E-state index in [4.69, 9.17) is 9.78 Å². The zero-order valence-electron chi connectivity index (χ0n) is 14.2. The van der Waals surface area contributed by atoms with Gasteiger partial charge in [0.2, 0.25) is 5.91 Å². The maximum Gasteiger partial charge on any atom is 0.228 e. The number of rotatable bonds is 4. The fraction of sp³-hybridized carbons (Fsp3) is 0.421. The Morgan fingerprint density at radius 1 is 1.31 bits per heavy atom. The summed E-state index contributed by atoms with van der Waals surface area (Å²) in [7, 11) is 0. The van der Waals surface area contributed by atoms with Crippen molar-refractivity contribution in [3.8, 4) is 6.07 Å². The van der Waals surface area contributed by atoms with Crippen LogP contribution >= 0.6 is 0 Å². The highest BCUT2D eigenvalue weighted by atomic mass is 19.1. The second-order valence-electron chi connectivity index (χ2n) is 6.92. The Morgan fingerprint density at radius 2 is 2.08 bits per heavy atom. The van der Waals surface area contributed by atoms with Gasteiger partial charge >= 0.3 is 0 Å². The van der Waals surface area contributed by atoms with Crippen molar-refractivity contribution in [3.63, 3.8) is 0 Å². The van der Waals surface area contributed by atoms with Crippen molar-refractivity contribution in [1.82, 2.24) is 5.16 Å². The SMILES string of the molecule is N#Cc1ccc(N2CCC(C(=O)Nc3nocc3C3CC3)CC2)c(F)c1. The molecule has 1 N–H and O–H groups in total. The van der Waals surface area contributed by atoms with Crippen molar-refractivity contribution >= 4 is 17.4 Å². The minimum Gasteiger partial charge on any atom is -0.369 e. The smallest absolute Gasteiger partial charge is 0.228 e. The number of amides is 1. The Morgan fingerprint density at radius 3 is 2.73 bits per heavy atom. The van der Waals surface area contributed by atoms with Gasteiger partial charge in [-0.15, -0.1) is 0 Å². The number of carbonyl (C=O) groups is 1. The van der Waals surface area contributed by atoms with Gasteiger partial charge in [-0.25, -0.2) is 4.39 Å². The molecule has 1 aliphatic carbocycles. The zero-order chi connectivity index (χ0) is 18.1. The molecule has 7 heteroatoms. The molecule has 0 spiro atoms. The molecule has 0 atom stereocenters. The molecule has 1 saturated heterocycles. The lowest BCUT2D eigenvalue weighted by Gasteiger charge is -2.33. The molecule has 1 saturated carbocycles. The van der Waals surface area contributed by atoms with Gasteiger partial charge in [-0.2, -0.15) is 5.26 Å². The van der Waals surface area contributed by atoms with Gasteiger partial charge in [0.05, 0.1) is 17.3 Å². The van der Waals surface area contributed by atoms with Gasteiger partial charge in [-0.1, -0.05) is 5.16 Å². The summed E-state index contributed by atoms with van der Waals surface area (Å²) in [5, 5.41) is 15.6. The first-order valence-electron chi connectivity index (χ1n) is 8.85. The van der Waals surface area contributed by atoms with Crippen LogP contribution in [0, 0.1) is 23.1 Å². The predicted molar refractivity (Wildman–Crippen MR) is 93.2 cm³/mol. The number of carbonyl (C=O) groups excluding carboxylic acids is 1. The molecule has 0 bridgehead atoms. The number of halogens is 1. The summed E-state index contributed by atoms with van der Waals surface area (Å²) in [4.78, 5) is 14.5. The van der Waals surface area contributed by atoms with Crippen molar-refractivity contribution in [2.75, 3.05) is 23.3 Å². The monoisotopic (exact) mass is 354 g/mol. The van der Waals surface area contributed by atoms with Crippen LogP contribution in [-0.2, 0) is 4.79 Å². The summed E-state index contributed by atoms with van der Waals surface area (Å²) in [6, 6.07) is 6.42. The summed E-state index contributed by atoms with van der Waals surface area (Å²) < 4.78 is 19.2. The van der Waals surface area contributed by atoms with Crippen LogP contribution in [-0.4, -0.2) is 24.2 Å². The Kier molecular flexibility index (Phi) is 4.33. The fourth-order valence-corrected chi connectivity index (χ4v) is 3.46. The van der Waals surface area contributed by atoms with E-state index in [1.54, 1.807) is 18.4 Å². The molecule has 0 unspecified atom stereocenters. The van der Waals surface area contributed by atoms with E-state index in [0.717, 1.165) is 18.4 Å². The van der Waals surface area contributed by atoms with Crippen LogP contribution in [0.15, 0.2) is 29.0 Å². The molecule has 134 valence electrons. The molecule has 1 aromatic carbocycles. The summed E-state index contributed by atoms with van der Waals surface area (Å²) in [5.74, 6) is 0.414. The van der Waals surface area contributed by atoms with Gasteiger partial charge in [-0.3, -0.25) is 4.79 Å². The van der Waals surface area contributed by atoms with Crippen LogP contribution in [0.2, 0.25) is 0 Å². The lowest BCUT2D eigenvalue weighted by Crippen LogP contribution is -2.38. The van der Waals surface area contributed by atoms with Crippen molar-refractivity contribution in [2.45, 2.75) is 31.6 Å². The Hall–Kier alpha value is -2.88. The number of nitrogens with zero attached hydrogens (tertiary/aromatic N) is 3. The quantitative estimate of drug-likeness (QED) is 0.910. The number of piperidine rings is 1. The molecule has 2 aliphatic rings. The summed E-state index contributed by atoms with van der Waals surface area (Å²) in [6.07, 6.45) is 5.12. The normalized spacial score (nSPS) is 17.8. The number of anilines is 2. The lowest BCUT2D eigenvalue weighted by molar-refractivity contribution is -0.120. The molecule has 26 heavy (non-hydrogen) atoms. The third-order valence-electron chi connectivity index (χ3n) is 5.14. The second kappa shape index (κ2) is 6.79.